The highest BCUT2D eigenvalue weighted by atomic mass is 35.5. The van der Waals surface area contributed by atoms with Crippen LogP contribution < -0.4 is 11.2 Å². The van der Waals surface area contributed by atoms with Gasteiger partial charge in [-0.25, -0.2) is 4.79 Å². The molecule has 1 amide bonds. The zero-order valence-corrected chi connectivity index (χ0v) is 17.0. The normalized spacial score (nSPS) is 11.2. The fourth-order valence-corrected chi connectivity index (χ4v) is 2.91. The lowest BCUT2D eigenvalue weighted by Crippen LogP contribution is -2.37. The third-order valence-corrected chi connectivity index (χ3v) is 4.69. The Morgan fingerprint density at radius 1 is 1.14 bits per heavy atom. The highest BCUT2D eigenvalue weighted by Gasteiger charge is 2.11. The van der Waals surface area contributed by atoms with Crippen LogP contribution in [-0.4, -0.2) is 27.0 Å². The number of aryl methyl sites for hydroxylation is 1. The first-order chi connectivity index (χ1) is 13.8. The van der Waals surface area contributed by atoms with Gasteiger partial charge in [0.1, 0.15) is 11.5 Å². The van der Waals surface area contributed by atoms with Crippen LogP contribution in [0.4, 0.5) is 0 Å². The number of furan rings is 1. The molecule has 8 heteroatoms. The second-order valence-electron chi connectivity index (χ2n) is 6.64. The molecule has 0 saturated heterocycles. The van der Waals surface area contributed by atoms with Gasteiger partial charge in [0.05, 0.1) is 12.1 Å². The number of hydrogen-bond acceptors (Lipinski definition) is 4. The largest absolute Gasteiger partial charge is 0.459 e. The van der Waals surface area contributed by atoms with Crippen molar-refractivity contribution >= 4 is 23.6 Å². The zero-order chi connectivity index (χ0) is 21.1. The number of rotatable bonds is 5. The van der Waals surface area contributed by atoms with Crippen molar-refractivity contribution in [3.8, 4) is 11.3 Å². The maximum atomic E-state index is 12.4. The van der Waals surface area contributed by atoms with E-state index >= 15 is 0 Å². The molecular formula is C21H20ClN3O4. The fourth-order valence-electron chi connectivity index (χ4n) is 2.78. The second-order valence-corrected chi connectivity index (χ2v) is 7.08. The minimum Gasteiger partial charge on any atom is -0.459 e. The molecule has 0 aliphatic carbocycles. The molecule has 0 N–H and O–H groups in total. The summed E-state index contributed by atoms with van der Waals surface area (Å²) in [5.74, 6) is 1.00. The first kappa shape index (κ1) is 20.4. The summed E-state index contributed by atoms with van der Waals surface area (Å²) in [7, 11) is 4.57. The maximum absolute atomic E-state index is 12.4. The molecule has 3 aromatic rings. The Morgan fingerprint density at radius 2 is 1.83 bits per heavy atom. The van der Waals surface area contributed by atoms with Gasteiger partial charge < -0.3 is 13.9 Å². The van der Waals surface area contributed by atoms with Crippen LogP contribution in [0.15, 0.2) is 62.7 Å². The molecule has 1 aromatic carbocycles. The standard InChI is InChI=1S/C21H20ClN3O4/c1-23(13-17-9-10-18(29-17)14-4-7-16(22)8-5-14)19(26)11-6-15-12-24(2)21(28)25(3)20(15)27/h4-12H,13H2,1-3H3/b11-6+. The Balaban J connectivity index is 1.70. The number of amides is 1. The fraction of sp³-hybridized carbons (Fsp3) is 0.190. The van der Waals surface area contributed by atoms with Gasteiger partial charge in [-0.15, -0.1) is 0 Å². The summed E-state index contributed by atoms with van der Waals surface area (Å²) in [5, 5.41) is 0.644. The van der Waals surface area contributed by atoms with E-state index in [0.717, 1.165) is 10.1 Å². The predicted molar refractivity (Wildman–Crippen MR) is 112 cm³/mol. The number of benzene rings is 1. The average Bonchev–Trinajstić information content (AvgIpc) is 3.16. The molecule has 150 valence electrons. The van der Waals surface area contributed by atoms with Gasteiger partial charge >= 0.3 is 5.69 Å². The molecule has 2 heterocycles. The van der Waals surface area contributed by atoms with Gasteiger partial charge in [0.15, 0.2) is 0 Å². The van der Waals surface area contributed by atoms with E-state index in [2.05, 4.69) is 0 Å². The van der Waals surface area contributed by atoms with Crippen molar-refractivity contribution in [2.75, 3.05) is 7.05 Å². The number of carbonyl (C=O) groups is 1. The minimum absolute atomic E-state index is 0.249. The van der Waals surface area contributed by atoms with Crippen molar-refractivity contribution in [3.05, 3.63) is 85.9 Å². The quantitative estimate of drug-likeness (QED) is 0.602. The Kier molecular flexibility index (Phi) is 5.89. The van der Waals surface area contributed by atoms with Crippen molar-refractivity contribution in [2.24, 2.45) is 14.1 Å². The van der Waals surface area contributed by atoms with Crippen molar-refractivity contribution in [1.82, 2.24) is 14.0 Å². The van der Waals surface area contributed by atoms with E-state index in [1.165, 1.54) is 34.9 Å². The summed E-state index contributed by atoms with van der Waals surface area (Å²) in [4.78, 5) is 37.7. The first-order valence-electron chi connectivity index (χ1n) is 8.81. The highest BCUT2D eigenvalue weighted by Crippen LogP contribution is 2.24. The monoisotopic (exact) mass is 413 g/mol. The first-order valence-corrected chi connectivity index (χ1v) is 9.18. The molecule has 0 fully saturated rings. The summed E-state index contributed by atoms with van der Waals surface area (Å²) >= 11 is 5.90. The number of aromatic nitrogens is 2. The van der Waals surface area contributed by atoms with Crippen LogP contribution in [0.1, 0.15) is 11.3 Å². The van der Waals surface area contributed by atoms with E-state index in [4.69, 9.17) is 16.0 Å². The Hall–Kier alpha value is -3.32. The lowest BCUT2D eigenvalue weighted by molar-refractivity contribution is -0.125. The van der Waals surface area contributed by atoms with Gasteiger partial charge in [-0.1, -0.05) is 11.6 Å². The molecular weight excluding hydrogens is 394 g/mol. The molecule has 0 atom stereocenters. The second kappa shape index (κ2) is 8.36. The molecule has 0 aliphatic rings. The third-order valence-electron chi connectivity index (χ3n) is 4.44. The minimum atomic E-state index is -0.460. The maximum Gasteiger partial charge on any atom is 0.330 e. The van der Waals surface area contributed by atoms with E-state index in [0.29, 0.717) is 16.5 Å². The van der Waals surface area contributed by atoms with Gasteiger partial charge in [0.25, 0.3) is 5.56 Å². The van der Waals surface area contributed by atoms with Crippen LogP contribution in [0, 0.1) is 0 Å². The molecule has 0 unspecified atom stereocenters. The van der Waals surface area contributed by atoms with Crippen molar-refractivity contribution in [2.45, 2.75) is 6.54 Å². The van der Waals surface area contributed by atoms with Crippen molar-refractivity contribution < 1.29 is 9.21 Å². The Morgan fingerprint density at radius 3 is 2.52 bits per heavy atom. The lowest BCUT2D eigenvalue weighted by atomic mass is 10.2. The van der Waals surface area contributed by atoms with Crippen LogP contribution in [0.3, 0.4) is 0 Å². The Bertz CT molecular complexity index is 1190. The van der Waals surface area contributed by atoms with Gasteiger partial charge in [0.2, 0.25) is 5.91 Å². The summed E-state index contributed by atoms with van der Waals surface area (Å²) < 4.78 is 8.09. The molecule has 0 radical (unpaired) electrons. The topological polar surface area (TPSA) is 77.5 Å². The highest BCUT2D eigenvalue weighted by molar-refractivity contribution is 6.30. The molecule has 0 spiro atoms. The van der Waals surface area contributed by atoms with Gasteiger partial charge in [-0.3, -0.25) is 14.2 Å². The van der Waals surface area contributed by atoms with E-state index in [9.17, 15) is 14.4 Å². The van der Waals surface area contributed by atoms with Gasteiger partial charge in [-0.05, 0) is 42.5 Å². The molecule has 29 heavy (non-hydrogen) atoms. The SMILES string of the molecule is CN(Cc1ccc(-c2ccc(Cl)cc2)o1)C(=O)/C=C/c1cn(C)c(=O)n(C)c1=O. The lowest BCUT2D eigenvalue weighted by Gasteiger charge is -2.13. The van der Waals surface area contributed by atoms with Crippen molar-refractivity contribution in [1.29, 1.82) is 0 Å². The smallest absolute Gasteiger partial charge is 0.330 e. The van der Waals surface area contributed by atoms with E-state index < -0.39 is 11.2 Å². The zero-order valence-electron chi connectivity index (χ0n) is 16.3. The predicted octanol–water partition coefficient (Wildman–Crippen LogP) is 2.67. The van der Waals surface area contributed by atoms with E-state index in [1.54, 1.807) is 32.3 Å². The number of nitrogens with zero attached hydrogens (tertiary/aromatic N) is 3. The summed E-state index contributed by atoms with van der Waals surface area (Å²) in [6.45, 7) is 0.266. The van der Waals surface area contributed by atoms with Crippen molar-refractivity contribution in [3.63, 3.8) is 0 Å². The van der Waals surface area contributed by atoms with Crippen LogP contribution in [-0.2, 0) is 25.4 Å². The molecule has 3 rings (SSSR count). The number of halogens is 1. The molecule has 2 aromatic heterocycles. The van der Waals surface area contributed by atoms with Crippen LogP contribution in [0.25, 0.3) is 17.4 Å². The summed E-state index contributed by atoms with van der Waals surface area (Å²) in [5.41, 5.74) is 0.253. The average molecular weight is 414 g/mol. The van der Waals surface area contributed by atoms with E-state index in [1.807, 2.05) is 18.2 Å². The molecule has 0 aliphatic heterocycles. The number of likely N-dealkylation sites (N-methyl/N-ethyl adjacent to an activating group) is 1. The summed E-state index contributed by atoms with van der Waals surface area (Å²) in [6, 6.07) is 10.9. The van der Waals surface area contributed by atoms with Gasteiger partial charge in [0, 0.05) is 44.0 Å². The Labute approximate surface area is 172 Å². The van der Waals surface area contributed by atoms with Gasteiger partial charge in [-0.2, -0.15) is 0 Å². The van der Waals surface area contributed by atoms with Crippen LogP contribution >= 0.6 is 11.6 Å². The summed E-state index contributed by atoms with van der Waals surface area (Å²) in [6.07, 6.45) is 4.10. The molecule has 0 bridgehead atoms. The third kappa shape index (κ3) is 4.57. The van der Waals surface area contributed by atoms with E-state index in [-0.39, 0.29) is 18.0 Å². The molecule has 7 nitrogen and oxygen atoms in total. The number of hydrogen-bond donors (Lipinski definition) is 0. The van der Waals surface area contributed by atoms with Crippen LogP contribution in [0.5, 0.6) is 0 Å². The van der Waals surface area contributed by atoms with Crippen LogP contribution in [0.2, 0.25) is 5.02 Å². The molecule has 0 saturated carbocycles. The number of carbonyl (C=O) groups excluding carboxylic acids is 1.